The van der Waals surface area contributed by atoms with Crippen molar-refractivity contribution in [2.75, 3.05) is 0 Å². The third kappa shape index (κ3) is 3.66. The fourth-order valence-electron chi connectivity index (χ4n) is 1.97. The summed E-state index contributed by atoms with van der Waals surface area (Å²) >= 11 is 7.70. The van der Waals surface area contributed by atoms with Gasteiger partial charge in [0.2, 0.25) is 0 Å². The number of nitrogens with one attached hydrogen (secondary N) is 1. The summed E-state index contributed by atoms with van der Waals surface area (Å²) in [5.74, 6) is 1.08. The molecule has 98 valence electrons. The molecule has 1 aromatic rings. The quantitative estimate of drug-likeness (QED) is 0.562. The van der Waals surface area contributed by atoms with E-state index in [1.165, 1.54) is 32.1 Å². The monoisotopic (exact) mass is 282 g/mol. The number of fused-ring (bicyclic) bond motifs is 1. The first-order valence-corrected chi connectivity index (χ1v) is 7.79. The molecule has 2 rings (SSSR count). The molecule has 0 radical (unpaired) electrons. The maximum Gasteiger partial charge on any atom is 0.112 e. The highest BCUT2D eigenvalue weighted by atomic mass is 35.5. The van der Waals surface area contributed by atoms with Crippen LogP contribution in [-0.2, 0) is 0 Å². The molecule has 0 fully saturated rings. The maximum atomic E-state index is 6.12. The Bertz CT molecular complexity index is 432. The van der Waals surface area contributed by atoms with E-state index in [4.69, 9.17) is 11.6 Å². The molecule has 0 bridgehead atoms. The molecule has 1 heterocycles. The molecular formula is C14H19ClN2S. The van der Waals surface area contributed by atoms with Crippen LogP contribution in [0.2, 0.25) is 5.02 Å². The van der Waals surface area contributed by atoms with Gasteiger partial charge in [-0.1, -0.05) is 50.3 Å². The minimum absolute atomic E-state index is 0.774. The Morgan fingerprint density at radius 3 is 2.89 bits per heavy atom. The van der Waals surface area contributed by atoms with Gasteiger partial charge in [0.1, 0.15) is 5.84 Å². The number of benzene rings is 1. The molecule has 1 aromatic carbocycles. The highest BCUT2D eigenvalue weighted by Gasteiger charge is 2.14. The van der Waals surface area contributed by atoms with Crippen LogP contribution in [0, 0.1) is 0 Å². The van der Waals surface area contributed by atoms with E-state index in [0.717, 1.165) is 27.9 Å². The van der Waals surface area contributed by atoms with E-state index in [0.29, 0.717) is 0 Å². The minimum atomic E-state index is 0.774. The normalized spacial score (nSPS) is 13.8. The van der Waals surface area contributed by atoms with Crippen LogP contribution in [0.25, 0.3) is 0 Å². The molecule has 1 aliphatic rings. The van der Waals surface area contributed by atoms with Gasteiger partial charge in [-0.05, 0) is 30.5 Å². The van der Waals surface area contributed by atoms with Crippen LogP contribution in [0.15, 0.2) is 28.1 Å². The lowest BCUT2D eigenvalue weighted by Crippen LogP contribution is -2.18. The number of aliphatic imine (C=N–C) groups is 1. The van der Waals surface area contributed by atoms with Crippen molar-refractivity contribution in [3.8, 4) is 0 Å². The Kier molecular flexibility index (Phi) is 5.39. The van der Waals surface area contributed by atoms with E-state index in [2.05, 4.69) is 16.6 Å². The molecule has 18 heavy (non-hydrogen) atoms. The van der Waals surface area contributed by atoms with E-state index < -0.39 is 0 Å². The summed E-state index contributed by atoms with van der Waals surface area (Å²) in [6.07, 6.45) is 7.50. The van der Waals surface area contributed by atoms with E-state index in [-0.39, 0.29) is 0 Å². The third-order valence-corrected chi connectivity index (χ3v) is 4.39. The summed E-state index contributed by atoms with van der Waals surface area (Å²) in [5.41, 5.74) is 0.995. The van der Waals surface area contributed by atoms with Gasteiger partial charge < -0.3 is 4.72 Å². The van der Waals surface area contributed by atoms with E-state index in [1.54, 1.807) is 11.9 Å². The number of nitrogens with zero attached hydrogens (tertiary/aromatic N) is 1. The molecule has 1 N–H and O–H groups in total. The second kappa shape index (κ2) is 7.05. The summed E-state index contributed by atoms with van der Waals surface area (Å²) in [6, 6.07) is 5.88. The van der Waals surface area contributed by atoms with Crippen LogP contribution in [-0.4, -0.2) is 5.84 Å². The minimum Gasteiger partial charge on any atom is -0.314 e. The largest absolute Gasteiger partial charge is 0.314 e. The topological polar surface area (TPSA) is 24.4 Å². The van der Waals surface area contributed by atoms with Crippen LogP contribution in [0.5, 0.6) is 0 Å². The molecule has 0 spiro atoms. The number of unbranched alkanes of at least 4 members (excludes halogenated alkanes) is 4. The lowest BCUT2D eigenvalue weighted by Gasteiger charge is -2.17. The van der Waals surface area contributed by atoms with Crippen LogP contribution < -0.4 is 4.72 Å². The van der Waals surface area contributed by atoms with Gasteiger partial charge >= 0.3 is 0 Å². The molecule has 0 atom stereocenters. The first-order chi connectivity index (χ1) is 8.81. The predicted molar refractivity (Wildman–Crippen MR) is 80.9 cm³/mol. The molecule has 4 heteroatoms. The average molecular weight is 283 g/mol. The van der Waals surface area contributed by atoms with Crippen molar-refractivity contribution < 1.29 is 0 Å². The standard InChI is InChI=1S/C14H19ClN2S/c1-2-3-4-5-6-10-13-16-12-9-7-8-11(15)14(12)18-17-13/h7-9H,2-6,10H2,1H3,(H,16,17). The van der Waals surface area contributed by atoms with Crippen molar-refractivity contribution in [2.45, 2.75) is 50.3 Å². The maximum absolute atomic E-state index is 6.12. The van der Waals surface area contributed by atoms with Gasteiger partial charge in [-0.25, -0.2) is 4.99 Å². The van der Waals surface area contributed by atoms with E-state index in [9.17, 15) is 0 Å². The van der Waals surface area contributed by atoms with Crippen molar-refractivity contribution >= 4 is 35.1 Å². The Hall–Kier alpha value is -0.670. The van der Waals surface area contributed by atoms with Gasteiger partial charge in [-0.2, -0.15) is 0 Å². The Morgan fingerprint density at radius 1 is 1.22 bits per heavy atom. The van der Waals surface area contributed by atoms with Crippen LogP contribution in [0.4, 0.5) is 5.69 Å². The van der Waals surface area contributed by atoms with E-state index >= 15 is 0 Å². The zero-order valence-corrected chi connectivity index (χ0v) is 12.3. The zero-order chi connectivity index (χ0) is 12.8. The van der Waals surface area contributed by atoms with Gasteiger partial charge in [-0.15, -0.1) is 0 Å². The van der Waals surface area contributed by atoms with Crippen molar-refractivity contribution in [3.63, 3.8) is 0 Å². The molecular weight excluding hydrogens is 264 g/mol. The predicted octanol–water partition coefficient (Wildman–Crippen LogP) is 5.34. The number of rotatable bonds is 6. The average Bonchev–Trinajstić information content (AvgIpc) is 2.39. The molecule has 0 unspecified atom stereocenters. The smallest absolute Gasteiger partial charge is 0.112 e. The highest BCUT2D eigenvalue weighted by molar-refractivity contribution is 7.98. The number of hydrogen-bond donors (Lipinski definition) is 1. The number of halogens is 1. The fourth-order valence-corrected chi connectivity index (χ4v) is 3.00. The van der Waals surface area contributed by atoms with E-state index in [1.807, 2.05) is 18.2 Å². The third-order valence-electron chi connectivity index (χ3n) is 2.99. The summed E-state index contributed by atoms with van der Waals surface area (Å²) in [7, 11) is 0. The van der Waals surface area contributed by atoms with Crippen molar-refractivity contribution in [3.05, 3.63) is 23.2 Å². The first-order valence-electron chi connectivity index (χ1n) is 6.60. The van der Waals surface area contributed by atoms with Crippen LogP contribution in [0.1, 0.15) is 45.4 Å². The molecule has 0 aliphatic carbocycles. The van der Waals surface area contributed by atoms with Gasteiger partial charge in [0.25, 0.3) is 0 Å². The molecule has 0 saturated heterocycles. The number of amidine groups is 1. The second-order valence-electron chi connectivity index (χ2n) is 4.51. The molecule has 0 saturated carbocycles. The lowest BCUT2D eigenvalue weighted by molar-refractivity contribution is 0.642. The van der Waals surface area contributed by atoms with Gasteiger partial charge in [0.15, 0.2) is 0 Å². The summed E-state index contributed by atoms with van der Waals surface area (Å²) in [4.78, 5) is 5.66. The summed E-state index contributed by atoms with van der Waals surface area (Å²) in [6.45, 7) is 2.24. The van der Waals surface area contributed by atoms with Crippen LogP contribution in [0.3, 0.4) is 0 Å². The lowest BCUT2D eigenvalue weighted by atomic mass is 10.1. The van der Waals surface area contributed by atoms with Crippen molar-refractivity contribution in [1.82, 2.24) is 4.72 Å². The van der Waals surface area contributed by atoms with Gasteiger partial charge in [0.05, 0.1) is 15.6 Å². The van der Waals surface area contributed by atoms with Gasteiger partial charge in [0, 0.05) is 6.42 Å². The van der Waals surface area contributed by atoms with Crippen molar-refractivity contribution in [1.29, 1.82) is 0 Å². The summed E-state index contributed by atoms with van der Waals surface area (Å²) in [5, 5.41) is 0.774. The molecule has 2 nitrogen and oxygen atoms in total. The SMILES string of the molecule is CCCCCCCC1=Nc2cccc(Cl)c2SN1. The zero-order valence-electron chi connectivity index (χ0n) is 10.7. The summed E-state index contributed by atoms with van der Waals surface area (Å²) < 4.78 is 3.29. The fraction of sp³-hybridized carbons (Fsp3) is 0.500. The Balaban J connectivity index is 1.88. The molecule has 1 aliphatic heterocycles. The molecule has 0 amide bonds. The first kappa shape index (κ1) is 13.8. The van der Waals surface area contributed by atoms with Crippen molar-refractivity contribution in [2.24, 2.45) is 4.99 Å². The number of hydrogen-bond acceptors (Lipinski definition) is 3. The highest BCUT2D eigenvalue weighted by Crippen LogP contribution is 2.37. The second-order valence-corrected chi connectivity index (χ2v) is 5.74. The Morgan fingerprint density at radius 2 is 2.06 bits per heavy atom. The Labute approximate surface area is 118 Å². The molecule has 0 aromatic heterocycles. The van der Waals surface area contributed by atoms with Crippen LogP contribution >= 0.6 is 23.5 Å². The van der Waals surface area contributed by atoms with Gasteiger partial charge in [-0.3, -0.25) is 0 Å².